The first-order valence-electron chi connectivity index (χ1n) is 6.20. The second kappa shape index (κ2) is 7.41. The van der Waals surface area contributed by atoms with Crippen LogP contribution in [0, 0.1) is 0 Å². The summed E-state index contributed by atoms with van der Waals surface area (Å²) in [6.45, 7) is 2.25. The molecule has 0 bridgehead atoms. The van der Waals surface area contributed by atoms with Crippen LogP contribution in [0.25, 0.3) is 0 Å². The van der Waals surface area contributed by atoms with E-state index in [0.29, 0.717) is 42.9 Å². The van der Waals surface area contributed by atoms with Crippen LogP contribution in [0.5, 0.6) is 11.5 Å². The molecule has 5 nitrogen and oxygen atoms in total. The summed E-state index contributed by atoms with van der Waals surface area (Å²) >= 11 is 0. The van der Waals surface area contributed by atoms with Crippen molar-refractivity contribution in [3.63, 3.8) is 0 Å². The smallest absolute Gasteiger partial charge is 0.248 e. The Morgan fingerprint density at radius 3 is 2.47 bits per heavy atom. The number of carbonyl (C=O) groups is 2. The zero-order valence-corrected chi connectivity index (χ0v) is 11.3. The molecule has 5 heteroatoms. The fraction of sp³-hybridized carbons (Fsp3) is 0.429. The molecule has 0 heterocycles. The molecule has 1 aromatic rings. The number of ether oxygens (including phenoxy) is 2. The molecule has 0 aliphatic carbocycles. The lowest BCUT2D eigenvalue weighted by Gasteiger charge is -2.09. The summed E-state index contributed by atoms with van der Waals surface area (Å²) in [5.41, 5.74) is 5.56. The van der Waals surface area contributed by atoms with Crippen molar-refractivity contribution < 1.29 is 19.1 Å². The minimum Gasteiger partial charge on any atom is -0.497 e. The van der Waals surface area contributed by atoms with Crippen LogP contribution < -0.4 is 15.2 Å². The van der Waals surface area contributed by atoms with Crippen LogP contribution in [0.4, 0.5) is 0 Å². The maximum Gasteiger partial charge on any atom is 0.248 e. The molecule has 0 aliphatic rings. The monoisotopic (exact) mass is 265 g/mol. The lowest BCUT2D eigenvalue weighted by atomic mass is 10.2. The van der Waals surface area contributed by atoms with Gasteiger partial charge in [-0.05, 0) is 18.6 Å². The molecule has 0 unspecified atom stereocenters. The number of amides is 1. The van der Waals surface area contributed by atoms with Gasteiger partial charge in [0.1, 0.15) is 17.3 Å². The lowest BCUT2D eigenvalue weighted by Crippen LogP contribution is -2.11. The van der Waals surface area contributed by atoms with Crippen molar-refractivity contribution >= 4 is 11.7 Å². The number of hydrogen-bond donors (Lipinski definition) is 1. The molecule has 2 N–H and O–H groups in total. The second-order valence-corrected chi connectivity index (χ2v) is 4.11. The number of hydrogen-bond acceptors (Lipinski definition) is 4. The summed E-state index contributed by atoms with van der Waals surface area (Å²) in [6, 6.07) is 4.79. The van der Waals surface area contributed by atoms with Gasteiger partial charge in [-0.15, -0.1) is 0 Å². The standard InChI is InChI=1S/C14H19NO4/c1-3-11(16)5-4-6-19-13-8-10(14(15)17)7-12(9-13)18-2/h7-9H,3-6H2,1-2H3,(H2,15,17). The average Bonchev–Trinajstić information content (AvgIpc) is 2.42. The highest BCUT2D eigenvalue weighted by Gasteiger charge is 2.07. The lowest BCUT2D eigenvalue weighted by molar-refractivity contribution is -0.118. The number of primary amides is 1. The van der Waals surface area contributed by atoms with E-state index in [-0.39, 0.29) is 5.78 Å². The molecule has 0 aromatic heterocycles. The quantitative estimate of drug-likeness (QED) is 0.728. The van der Waals surface area contributed by atoms with Crippen LogP contribution in [0.3, 0.4) is 0 Å². The van der Waals surface area contributed by atoms with E-state index in [1.165, 1.54) is 7.11 Å². The molecule has 1 amide bonds. The summed E-state index contributed by atoms with van der Waals surface area (Å²) in [7, 11) is 1.50. The fourth-order valence-corrected chi connectivity index (χ4v) is 1.55. The van der Waals surface area contributed by atoms with E-state index in [4.69, 9.17) is 15.2 Å². The van der Waals surface area contributed by atoms with E-state index in [2.05, 4.69) is 0 Å². The maximum absolute atomic E-state index is 11.1. The van der Waals surface area contributed by atoms with Gasteiger partial charge < -0.3 is 15.2 Å². The molecule has 0 saturated carbocycles. The van der Waals surface area contributed by atoms with Gasteiger partial charge >= 0.3 is 0 Å². The average molecular weight is 265 g/mol. The Morgan fingerprint density at radius 2 is 1.89 bits per heavy atom. The minimum absolute atomic E-state index is 0.215. The zero-order chi connectivity index (χ0) is 14.3. The summed E-state index contributed by atoms with van der Waals surface area (Å²) in [5, 5.41) is 0. The molecular weight excluding hydrogens is 246 g/mol. The highest BCUT2D eigenvalue weighted by molar-refractivity contribution is 5.93. The van der Waals surface area contributed by atoms with Crippen molar-refractivity contribution in [2.45, 2.75) is 26.2 Å². The third-order valence-corrected chi connectivity index (χ3v) is 2.66. The van der Waals surface area contributed by atoms with E-state index >= 15 is 0 Å². The van der Waals surface area contributed by atoms with Crippen molar-refractivity contribution in [1.29, 1.82) is 0 Å². The van der Waals surface area contributed by atoms with Gasteiger partial charge in [-0.2, -0.15) is 0 Å². The molecule has 0 atom stereocenters. The minimum atomic E-state index is -0.537. The summed E-state index contributed by atoms with van der Waals surface area (Å²) in [4.78, 5) is 22.3. The molecule has 0 spiro atoms. The number of benzene rings is 1. The van der Waals surface area contributed by atoms with Gasteiger partial charge in [0.15, 0.2) is 0 Å². The molecule has 0 radical (unpaired) electrons. The summed E-state index contributed by atoms with van der Waals surface area (Å²) in [6.07, 6.45) is 1.70. The van der Waals surface area contributed by atoms with Gasteiger partial charge in [-0.25, -0.2) is 0 Å². The number of rotatable bonds is 8. The first-order chi connectivity index (χ1) is 9.06. The predicted octanol–water partition coefficient (Wildman–Crippen LogP) is 1.93. The molecule has 19 heavy (non-hydrogen) atoms. The molecule has 1 aromatic carbocycles. The van der Waals surface area contributed by atoms with E-state index in [0.717, 1.165) is 0 Å². The van der Waals surface area contributed by atoms with Crippen molar-refractivity contribution in [3.8, 4) is 11.5 Å². The van der Waals surface area contributed by atoms with Crippen LogP contribution in [-0.2, 0) is 4.79 Å². The topological polar surface area (TPSA) is 78.6 Å². The molecule has 1 rings (SSSR count). The summed E-state index contributed by atoms with van der Waals surface area (Å²) in [5.74, 6) is 0.699. The highest BCUT2D eigenvalue weighted by atomic mass is 16.5. The van der Waals surface area contributed by atoms with E-state index in [9.17, 15) is 9.59 Å². The summed E-state index contributed by atoms with van der Waals surface area (Å²) < 4.78 is 10.6. The second-order valence-electron chi connectivity index (χ2n) is 4.11. The van der Waals surface area contributed by atoms with E-state index in [1.54, 1.807) is 18.2 Å². The van der Waals surface area contributed by atoms with Crippen LogP contribution in [0.2, 0.25) is 0 Å². The maximum atomic E-state index is 11.1. The normalized spacial score (nSPS) is 10.0. The van der Waals surface area contributed by atoms with Crippen molar-refractivity contribution in [2.24, 2.45) is 5.73 Å². The molecule has 0 aliphatic heterocycles. The Labute approximate surface area is 112 Å². The predicted molar refractivity (Wildman–Crippen MR) is 71.5 cm³/mol. The van der Waals surface area contributed by atoms with Crippen LogP contribution in [0.1, 0.15) is 36.5 Å². The van der Waals surface area contributed by atoms with E-state index < -0.39 is 5.91 Å². The van der Waals surface area contributed by atoms with Crippen molar-refractivity contribution in [1.82, 2.24) is 0 Å². The Bertz CT molecular complexity index is 457. The number of carbonyl (C=O) groups excluding carboxylic acids is 2. The largest absolute Gasteiger partial charge is 0.497 e. The first-order valence-corrected chi connectivity index (χ1v) is 6.20. The van der Waals surface area contributed by atoms with Gasteiger partial charge in [0, 0.05) is 24.5 Å². The SMILES string of the molecule is CCC(=O)CCCOc1cc(OC)cc(C(N)=O)c1. The fourth-order valence-electron chi connectivity index (χ4n) is 1.55. The van der Waals surface area contributed by atoms with Crippen LogP contribution >= 0.6 is 0 Å². The van der Waals surface area contributed by atoms with Gasteiger partial charge in [-0.3, -0.25) is 9.59 Å². The Hall–Kier alpha value is -2.04. The van der Waals surface area contributed by atoms with Gasteiger partial charge in [-0.1, -0.05) is 6.92 Å². The van der Waals surface area contributed by atoms with Crippen molar-refractivity contribution in [2.75, 3.05) is 13.7 Å². The van der Waals surface area contributed by atoms with Gasteiger partial charge in [0.2, 0.25) is 5.91 Å². The first kappa shape index (κ1) is 15.0. The third-order valence-electron chi connectivity index (χ3n) is 2.66. The molecule has 0 saturated heterocycles. The molecule has 104 valence electrons. The number of Topliss-reactive ketones (excluding diaryl/α,β-unsaturated/α-hetero) is 1. The number of ketones is 1. The number of nitrogens with two attached hydrogens (primary N) is 1. The van der Waals surface area contributed by atoms with Gasteiger partial charge in [0.25, 0.3) is 0 Å². The number of methoxy groups -OCH3 is 1. The van der Waals surface area contributed by atoms with Crippen molar-refractivity contribution in [3.05, 3.63) is 23.8 Å². The van der Waals surface area contributed by atoms with Gasteiger partial charge in [0.05, 0.1) is 13.7 Å². The Balaban J connectivity index is 2.60. The molecule has 0 fully saturated rings. The van der Waals surface area contributed by atoms with Crippen LogP contribution in [-0.4, -0.2) is 25.4 Å². The third kappa shape index (κ3) is 4.99. The van der Waals surface area contributed by atoms with E-state index in [1.807, 2.05) is 6.92 Å². The highest BCUT2D eigenvalue weighted by Crippen LogP contribution is 2.22. The molecular formula is C14H19NO4. The Morgan fingerprint density at radius 1 is 1.21 bits per heavy atom. The zero-order valence-electron chi connectivity index (χ0n) is 11.3. The Kier molecular flexibility index (Phi) is 5.85. The van der Waals surface area contributed by atoms with Crippen LogP contribution in [0.15, 0.2) is 18.2 Å².